The van der Waals surface area contributed by atoms with Crippen LogP contribution in [0.2, 0.25) is 5.02 Å². The number of ether oxygens (including phenoxy) is 1. The predicted molar refractivity (Wildman–Crippen MR) is 139 cm³/mol. The minimum Gasteiger partial charge on any atom is -0.495 e. The Morgan fingerprint density at radius 1 is 1.11 bits per heavy atom. The molecule has 0 heterocycles. The van der Waals surface area contributed by atoms with Gasteiger partial charge in [0.1, 0.15) is 18.3 Å². The van der Waals surface area contributed by atoms with Crippen LogP contribution in [-0.4, -0.2) is 56.6 Å². The zero-order valence-electron chi connectivity index (χ0n) is 21.0. The van der Waals surface area contributed by atoms with Crippen LogP contribution in [0.1, 0.15) is 39.7 Å². The highest BCUT2D eigenvalue weighted by atomic mass is 35.5. The zero-order valence-corrected chi connectivity index (χ0v) is 22.6. The Bertz CT molecular complexity index is 1130. The van der Waals surface area contributed by atoms with E-state index < -0.39 is 34.1 Å². The maximum Gasteiger partial charge on any atom is 0.244 e. The van der Waals surface area contributed by atoms with Crippen LogP contribution in [0.15, 0.2) is 48.5 Å². The molecule has 10 heteroatoms. The number of carbonyl (C=O) groups is 2. The van der Waals surface area contributed by atoms with Crippen molar-refractivity contribution in [2.75, 3.05) is 24.2 Å². The van der Waals surface area contributed by atoms with Crippen LogP contribution in [0.4, 0.5) is 5.69 Å². The summed E-state index contributed by atoms with van der Waals surface area (Å²) in [4.78, 5) is 28.3. The van der Waals surface area contributed by atoms with E-state index in [9.17, 15) is 18.0 Å². The second kappa shape index (κ2) is 11.8. The molecule has 192 valence electrons. The third-order valence-electron chi connectivity index (χ3n) is 5.17. The Kier molecular flexibility index (Phi) is 9.57. The smallest absolute Gasteiger partial charge is 0.244 e. The fourth-order valence-electron chi connectivity index (χ4n) is 3.61. The van der Waals surface area contributed by atoms with Crippen molar-refractivity contribution in [3.8, 4) is 5.75 Å². The predicted octanol–water partition coefficient (Wildman–Crippen LogP) is 3.84. The lowest BCUT2D eigenvalue weighted by Crippen LogP contribution is -2.55. The molecule has 0 spiro atoms. The molecule has 0 radical (unpaired) electrons. The van der Waals surface area contributed by atoms with Gasteiger partial charge in [-0.1, -0.05) is 48.9 Å². The number of rotatable bonds is 10. The van der Waals surface area contributed by atoms with Crippen LogP contribution in [0.3, 0.4) is 0 Å². The van der Waals surface area contributed by atoms with Gasteiger partial charge in [0.15, 0.2) is 0 Å². The van der Waals surface area contributed by atoms with Crippen molar-refractivity contribution in [2.45, 2.75) is 52.2 Å². The summed E-state index contributed by atoms with van der Waals surface area (Å²) in [5.41, 5.74) is 0.454. The van der Waals surface area contributed by atoms with Gasteiger partial charge in [0, 0.05) is 17.1 Å². The van der Waals surface area contributed by atoms with E-state index in [1.165, 1.54) is 24.1 Å². The average molecular weight is 524 g/mol. The van der Waals surface area contributed by atoms with Crippen molar-refractivity contribution in [2.24, 2.45) is 0 Å². The Morgan fingerprint density at radius 3 is 2.26 bits per heavy atom. The standard InChI is InChI=1S/C25H34ClN3O5S/c1-7-20(24(31)27-25(2,3)4)28(16-18-11-9-8-10-12-18)23(30)17-29(35(6,32)33)21-15-19(26)13-14-22(21)34-5/h8-15,20H,7,16-17H2,1-6H3,(H,27,31). The SMILES string of the molecule is CCC(C(=O)NC(C)(C)C)N(Cc1ccccc1)C(=O)CN(c1cc(Cl)ccc1OC)S(C)(=O)=O. The topological polar surface area (TPSA) is 96.0 Å². The van der Waals surface area contributed by atoms with Gasteiger partial charge in [0.2, 0.25) is 21.8 Å². The van der Waals surface area contributed by atoms with E-state index in [0.717, 1.165) is 16.1 Å². The molecule has 0 aliphatic carbocycles. The number of halogens is 1. The highest BCUT2D eigenvalue weighted by molar-refractivity contribution is 7.92. The van der Waals surface area contributed by atoms with Crippen molar-refractivity contribution in [1.82, 2.24) is 10.2 Å². The number of amides is 2. The van der Waals surface area contributed by atoms with Gasteiger partial charge in [0.05, 0.1) is 19.1 Å². The lowest BCUT2D eigenvalue weighted by molar-refractivity contribution is -0.141. The third kappa shape index (κ3) is 8.14. The van der Waals surface area contributed by atoms with Crippen molar-refractivity contribution in [1.29, 1.82) is 0 Å². The maximum absolute atomic E-state index is 13.7. The highest BCUT2D eigenvalue weighted by Crippen LogP contribution is 2.33. The number of hydrogen-bond donors (Lipinski definition) is 1. The first-order chi connectivity index (χ1) is 16.3. The molecular weight excluding hydrogens is 490 g/mol. The Labute approximate surface area is 213 Å². The van der Waals surface area contributed by atoms with E-state index in [-0.39, 0.29) is 23.9 Å². The number of hydrogen-bond acceptors (Lipinski definition) is 5. The fourth-order valence-corrected chi connectivity index (χ4v) is 4.62. The normalized spacial score (nSPS) is 12.5. The Morgan fingerprint density at radius 2 is 1.74 bits per heavy atom. The van der Waals surface area contributed by atoms with Crippen molar-refractivity contribution < 1.29 is 22.7 Å². The van der Waals surface area contributed by atoms with Crippen molar-refractivity contribution in [3.63, 3.8) is 0 Å². The Hall–Kier alpha value is -2.78. The van der Waals surface area contributed by atoms with Gasteiger partial charge in [-0.25, -0.2) is 8.42 Å². The second-order valence-electron chi connectivity index (χ2n) is 9.26. The summed E-state index contributed by atoms with van der Waals surface area (Å²) in [5.74, 6) is -0.590. The molecule has 2 aromatic carbocycles. The van der Waals surface area contributed by atoms with E-state index in [0.29, 0.717) is 11.4 Å². The average Bonchev–Trinajstić information content (AvgIpc) is 2.75. The zero-order chi connectivity index (χ0) is 26.4. The maximum atomic E-state index is 13.7. The molecule has 1 unspecified atom stereocenters. The minimum absolute atomic E-state index is 0.139. The summed E-state index contributed by atoms with van der Waals surface area (Å²) in [6.07, 6.45) is 1.35. The van der Waals surface area contributed by atoms with Crippen molar-refractivity contribution >= 4 is 39.1 Å². The van der Waals surface area contributed by atoms with Gasteiger partial charge in [-0.15, -0.1) is 0 Å². The number of sulfonamides is 1. The quantitative estimate of drug-likeness (QED) is 0.510. The molecule has 0 aromatic heterocycles. The van der Waals surface area contributed by atoms with E-state index in [1.807, 2.05) is 58.0 Å². The summed E-state index contributed by atoms with van der Waals surface area (Å²) < 4.78 is 31.8. The molecule has 0 bridgehead atoms. The van der Waals surface area contributed by atoms with Crippen LogP contribution < -0.4 is 14.4 Å². The Balaban J connectivity index is 2.50. The molecular formula is C25H34ClN3O5S. The summed E-state index contributed by atoms with van der Waals surface area (Å²) in [6.45, 7) is 7.00. The van der Waals surface area contributed by atoms with Crippen molar-refractivity contribution in [3.05, 3.63) is 59.1 Å². The van der Waals surface area contributed by atoms with Crippen LogP contribution in [-0.2, 0) is 26.2 Å². The minimum atomic E-state index is -3.90. The largest absolute Gasteiger partial charge is 0.495 e. The van der Waals surface area contributed by atoms with E-state index in [4.69, 9.17) is 16.3 Å². The molecule has 2 aromatic rings. The molecule has 2 rings (SSSR count). The van der Waals surface area contributed by atoms with E-state index in [2.05, 4.69) is 5.32 Å². The molecule has 0 saturated carbocycles. The molecule has 1 N–H and O–H groups in total. The summed E-state index contributed by atoms with van der Waals surface area (Å²) >= 11 is 6.12. The summed E-state index contributed by atoms with van der Waals surface area (Å²) in [7, 11) is -2.50. The summed E-state index contributed by atoms with van der Waals surface area (Å²) in [5, 5.41) is 3.22. The number of anilines is 1. The number of benzene rings is 2. The highest BCUT2D eigenvalue weighted by Gasteiger charge is 2.33. The fraction of sp³-hybridized carbons (Fsp3) is 0.440. The van der Waals surface area contributed by atoms with Crippen LogP contribution in [0.5, 0.6) is 5.75 Å². The molecule has 1 atom stereocenters. The van der Waals surface area contributed by atoms with E-state index >= 15 is 0 Å². The number of nitrogens with one attached hydrogen (secondary N) is 1. The molecule has 0 fully saturated rings. The molecule has 0 saturated heterocycles. The number of methoxy groups -OCH3 is 1. The lowest BCUT2D eigenvalue weighted by Gasteiger charge is -2.34. The first-order valence-corrected chi connectivity index (χ1v) is 13.5. The van der Waals surface area contributed by atoms with Gasteiger partial charge >= 0.3 is 0 Å². The number of nitrogens with zero attached hydrogens (tertiary/aromatic N) is 2. The number of carbonyl (C=O) groups excluding carboxylic acids is 2. The van der Waals surface area contributed by atoms with Crippen LogP contribution >= 0.6 is 11.6 Å². The van der Waals surface area contributed by atoms with Gasteiger partial charge < -0.3 is 15.0 Å². The monoisotopic (exact) mass is 523 g/mol. The molecule has 0 aliphatic rings. The van der Waals surface area contributed by atoms with Crippen LogP contribution in [0.25, 0.3) is 0 Å². The van der Waals surface area contributed by atoms with Crippen LogP contribution in [0, 0.1) is 0 Å². The third-order valence-corrected chi connectivity index (χ3v) is 6.53. The summed E-state index contributed by atoms with van der Waals surface area (Å²) in [6, 6.07) is 13.0. The van der Waals surface area contributed by atoms with Gasteiger partial charge in [-0.3, -0.25) is 13.9 Å². The molecule has 8 nitrogen and oxygen atoms in total. The van der Waals surface area contributed by atoms with Gasteiger partial charge in [-0.2, -0.15) is 0 Å². The van der Waals surface area contributed by atoms with E-state index in [1.54, 1.807) is 6.07 Å². The van der Waals surface area contributed by atoms with Gasteiger partial charge in [0.25, 0.3) is 0 Å². The molecule has 0 aliphatic heterocycles. The first-order valence-electron chi connectivity index (χ1n) is 11.2. The second-order valence-corrected chi connectivity index (χ2v) is 11.6. The first kappa shape index (κ1) is 28.5. The molecule has 2 amide bonds. The van der Waals surface area contributed by atoms with Gasteiger partial charge in [-0.05, 0) is 51.0 Å². The molecule has 35 heavy (non-hydrogen) atoms. The lowest BCUT2D eigenvalue weighted by atomic mass is 10.1.